The second-order valence-electron chi connectivity index (χ2n) is 4.79. The van der Waals surface area contributed by atoms with Crippen LogP contribution in [0, 0.1) is 0 Å². The molecule has 1 aliphatic carbocycles. The van der Waals surface area contributed by atoms with Gasteiger partial charge in [-0.25, -0.2) is 0 Å². The molecule has 1 aliphatic rings. The van der Waals surface area contributed by atoms with Crippen molar-refractivity contribution in [2.45, 2.75) is 31.2 Å². The first-order valence-electron chi connectivity index (χ1n) is 6.08. The molecule has 0 aliphatic heterocycles. The van der Waals surface area contributed by atoms with Crippen LogP contribution in [0.3, 0.4) is 0 Å². The Kier molecular flexibility index (Phi) is 4.13. The zero-order chi connectivity index (χ0) is 14.8. The third kappa shape index (κ3) is 3.56. The van der Waals surface area contributed by atoms with Crippen molar-refractivity contribution in [3.8, 4) is 5.75 Å². The summed E-state index contributed by atoms with van der Waals surface area (Å²) in [5, 5.41) is 2.83. The molecule has 1 aromatic carbocycles. The molecule has 0 saturated heterocycles. The first-order chi connectivity index (χ1) is 9.34. The van der Waals surface area contributed by atoms with Crippen LogP contribution >= 0.6 is 11.6 Å². The number of alkyl halides is 4. The smallest absolute Gasteiger partial charge is 0.406 e. The molecule has 0 bridgehead atoms. The molecule has 1 N–H and O–H groups in total. The SMILES string of the molecule is O=C(NC1(CCl)CCC1)c1ccc(OC(F)(F)F)cc1. The Bertz CT molecular complexity index is 478. The van der Waals surface area contributed by atoms with E-state index in [0.29, 0.717) is 5.88 Å². The van der Waals surface area contributed by atoms with Crippen LogP contribution in [0.15, 0.2) is 24.3 Å². The molecule has 0 spiro atoms. The highest BCUT2D eigenvalue weighted by Gasteiger charge is 2.37. The van der Waals surface area contributed by atoms with Gasteiger partial charge in [-0.1, -0.05) is 0 Å². The maximum atomic E-state index is 12.0. The van der Waals surface area contributed by atoms with Crippen molar-refractivity contribution in [2.75, 3.05) is 5.88 Å². The molecule has 110 valence electrons. The molecule has 1 saturated carbocycles. The summed E-state index contributed by atoms with van der Waals surface area (Å²) >= 11 is 5.83. The lowest BCUT2D eigenvalue weighted by Gasteiger charge is -2.41. The molecule has 2 rings (SSSR count). The van der Waals surface area contributed by atoms with Crippen LogP contribution in [0.1, 0.15) is 29.6 Å². The molecule has 1 amide bonds. The lowest BCUT2D eigenvalue weighted by atomic mass is 9.78. The third-order valence-corrected chi connectivity index (χ3v) is 3.81. The Morgan fingerprint density at radius 1 is 1.30 bits per heavy atom. The average Bonchev–Trinajstić information content (AvgIpc) is 2.32. The van der Waals surface area contributed by atoms with Gasteiger partial charge in [-0.2, -0.15) is 0 Å². The standard InChI is InChI=1S/C13H13ClF3NO2/c14-8-12(6-1-7-12)18-11(19)9-2-4-10(5-3-9)20-13(15,16)17/h2-5H,1,6-8H2,(H,18,19). The minimum absolute atomic E-state index is 0.274. The highest BCUT2D eigenvalue weighted by molar-refractivity contribution is 6.19. The average molecular weight is 308 g/mol. The van der Waals surface area contributed by atoms with Gasteiger partial charge in [0.2, 0.25) is 0 Å². The van der Waals surface area contributed by atoms with Gasteiger partial charge in [0.15, 0.2) is 0 Å². The van der Waals surface area contributed by atoms with Crippen LogP contribution < -0.4 is 10.1 Å². The molecule has 0 heterocycles. The molecule has 0 aromatic heterocycles. The Morgan fingerprint density at radius 3 is 2.30 bits per heavy atom. The zero-order valence-corrected chi connectivity index (χ0v) is 11.2. The summed E-state index contributed by atoms with van der Waals surface area (Å²) in [5.74, 6) is -0.373. The number of hydrogen-bond donors (Lipinski definition) is 1. The minimum atomic E-state index is -4.74. The van der Waals surface area contributed by atoms with Crippen molar-refractivity contribution >= 4 is 17.5 Å². The number of amides is 1. The summed E-state index contributed by atoms with van der Waals surface area (Å²) in [4.78, 5) is 12.0. The van der Waals surface area contributed by atoms with Gasteiger partial charge in [0.05, 0.1) is 5.54 Å². The van der Waals surface area contributed by atoms with Gasteiger partial charge in [-0.3, -0.25) is 4.79 Å². The molecule has 0 atom stereocenters. The molecule has 0 unspecified atom stereocenters. The van der Waals surface area contributed by atoms with Crippen molar-refractivity contribution < 1.29 is 22.7 Å². The predicted octanol–water partition coefficient (Wildman–Crippen LogP) is 3.48. The van der Waals surface area contributed by atoms with E-state index in [2.05, 4.69) is 10.1 Å². The number of rotatable bonds is 4. The summed E-state index contributed by atoms with van der Waals surface area (Å²) in [6, 6.07) is 4.79. The van der Waals surface area contributed by atoms with Crippen molar-refractivity contribution in [3.63, 3.8) is 0 Å². The Morgan fingerprint density at radius 2 is 1.90 bits per heavy atom. The maximum Gasteiger partial charge on any atom is 0.573 e. The molecule has 1 aromatic rings. The molecule has 20 heavy (non-hydrogen) atoms. The number of halogens is 4. The molecule has 0 radical (unpaired) electrons. The Balaban J connectivity index is 2.00. The maximum absolute atomic E-state index is 12.0. The van der Waals surface area contributed by atoms with E-state index < -0.39 is 6.36 Å². The molecule has 3 nitrogen and oxygen atoms in total. The van der Waals surface area contributed by atoms with Crippen molar-refractivity contribution in [2.24, 2.45) is 0 Å². The molecule has 7 heteroatoms. The van der Waals surface area contributed by atoms with Crippen molar-refractivity contribution in [3.05, 3.63) is 29.8 Å². The number of carbonyl (C=O) groups excluding carboxylic acids is 1. The van der Waals surface area contributed by atoms with E-state index in [1.54, 1.807) is 0 Å². The van der Waals surface area contributed by atoms with Gasteiger partial charge >= 0.3 is 6.36 Å². The van der Waals surface area contributed by atoms with E-state index in [4.69, 9.17) is 11.6 Å². The fraction of sp³-hybridized carbons (Fsp3) is 0.462. The van der Waals surface area contributed by atoms with Crippen molar-refractivity contribution in [1.29, 1.82) is 0 Å². The van der Waals surface area contributed by atoms with Crippen LogP contribution in [0.25, 0.3) is 0 Å². The third-order valence-electron chi connectivity index (χ3n) is 3.30. The monoisotopic (exact) mass is 307 g/mol. The van der Waals surface area contributed by atoms with Crippen LogP contribution in [0.2, 0.25) is 0 Å². The van der Waals surface area contributed by atoms with E-state index in [1.807, 2.05) is 0 Å². The number of nitrogens with one attached hydrogen (secondary N) is 1. The molecular formula is C13H13ClF3NO2. The van der Waals surface area contributed by atoms with Crippen LogP contribution in [0.4, 0.5) is 13.2 Å². The fourth-order valence-electron chi connectivity index (χ4n) is 2.02. The normalized spacial score (nSPS) is 17.2. The van der Waals surface area contributed by atoms with Gasteiger partial charge in [0, 0.05) is 11.4 Å². The van der Waals surface area contributed by atoms with Gasteiger partial charge in [0.1, 0.15) is 5.75 Å². The van der Waals surface area contributed by atoms with E-state index in [9.17, 15) is 18.0 Å². The zero-order valence-electron chi connectivity index (χ0n) is 10.5. The Labute approximate surface area is 119 Å². The summed E-state index contributed by atoms with van der Waals surface area (Å²) in [7, 11) is 0. The quantitative estimate of drug-likeness (QED) is 0.865. The van der Waals surface area contributed by atoms with Gasteiger partial charge in [-0.05, 0) is 43.5 Å². The van der Waals surface area contributed by atoms with Gasteiger partial charge < -0.3 is 10.1 Å². The summed E-state index contributed by atoms with van der Waals surface area (Å²) in [6.07, 6.45) is -2.10. The topological polar surface area (TPSA) is 38.3 Å². The van der Waals surface area contributed by atoms with Crippen LogP contribution in [-0.4, -0.2) is 23.7 Å². The number of benzene rings is 1. The van der Waals surface area contributed by atoms with E-state index >= 15 is 0 Å². The highest BCUT2D eigenvalue weighted by Crippen LogP contribution is 2.33. The van der Waals surface area contributed by atoms with Crippen molar-refractivity contribution in [1.82, 2.24) is 5.32 Å². The summed E-state index contributed by atoms with van der Waals surface area (Å²) in [6.45, 7) is 0. The number of carbonyl (C=O) groups is 1. The van der Waals surface area contributed by atoms with E-state index in [1.165, 1.54) is 12.1 Å². The second kappa shape index (κ2) is 5.52. The van der Waals surface area contributed by atoms with Gasteiger partial charge in [-0.15, -0.1) is 24.8 Å². The molecule has 1 fully saturated rings. The molecular weight excluding hydrogens is 295 g/mol. The van der Waals surface area contributed by atoms with E-state index in [-0.39, 0.29) is 22.8 Å². The van der Waals surface area contributed by atoms with Crippen LogP contribution in [-0.2, 0) is 0 Å². The number of hydrogen-bond acceptors (Lipinski definition) is 2. The number of ether oxygens (including phenoxy) is 1. The predicted molar refractivity (Wildman–Crippen MR) is 67.9 cm³/mol. The first kappa shape index (κ1) is 15.0. The van der Waals surface area contributed by atoms with E-state index in [0.717, 1.165) is 31.4 Å². The lowest BCUT2D eigenvalue weighted by molar-refractivity contribution is -0.274. The Hall–Kier alpha value is -1.43. The lowest BCUT2D eigenvalue weighted by Crippen LogP contribution is -2.55. The highest BCUT2D eigenvalue weighted by atomic mass is 35.5. The largest absolute Gasteiger partial charge is 0.573 e. The summed E-state index contributed by atoms with van der Waals surface area (Å²) in [5.41, 5.74) is -0.101. The fourth-order valence-corrected chi connectivity index (χ4v) is 2.35. The first-order valence-corrected chi connectivity index (χ1v) is 6.61. The summed E-state index contributed by atoms with van der Waals surface area (Å²) < 4.78 is 39.8. The van der Waals surface area contributed by atoms with Crippen LogP contribution in [0.5, 0.6) is 5.75 Å². The second-order valence-corrected chi connectivity index (χ2v) is 5.06. The van der Waals surface area contributed by atoms with Gasteiger partial charge in [0.25, 0.3) is 5.91 Å². The minimum Gasteiger partial charge on any atom is -0.406 e.